The molecule has 1 amide bonds. The van der Waals surface area contributed by atoms with Crippen molar-refractivity contribution in [1.82, 2.24) is 14.9 Å². The summed E-state index contributed by atoms with van der Waals surface area (Å²) in [4.78, 5) is 15.7. The van der Waals surface area contributed by atoms with Crippen LogP contribution in [0.3, 0.4) is 0 Å². The molecule has 1 aromatic heterocycles. The summed E-state index contributed by atoms with van der Waals surface area (Å²) >= 11 is 0. The summed E-state index contributed by atoms with van der Waals surface area (Å²) in [7, 11) is 0. The zero-order valence-corrected chi connectivity index (χ0v) is 12.4. The Morgan fingerprint density at radius 1 is 1.35 bits per heavy atom. The number of aryl methyl sites for hydroxylation is 1. The average molecular weight is 279 g/mol. The molecule has 1 aromatic rings. The Hall–Kier alpha value is -1.36. The number of hydrogen-bond acceptors (Lipinski definition) is 3. The maximum atomic E-state index is 11.8. The zero-order chi connectivity index (χ0) is 14.6. The fourth-order valence-electron chi connectivity index (χ4n) is 2.57. The van der Waals surface area contributed by atoms with Gasteiger partial charge in [-0.05, 0) is 31.1 Å². The van der Waals surface area contributed by atoms with E-state index in [0.29, 0.717) is 24.9 Å². The van der Waals surface area contributed by atoms with Gasteiger partial charge in [0, 0.05) is 31.9 Å². The molecule has 1 aliphatic carbocycles. The summed E-state index contributed by atoms with van der Waals surface area (Å²) in [5.41, 5.74) is -0.405. The van der Waals surface area contributed by atoms with E-state index in [1.165, 1.54) is 0 Å². The number of carbonyl (C=O) groups excluding carboxylic acids is 1. The van der Waals surface area contributed by atoms with Crippen LogP contribution in [0.4, 0.5) is 0 Å². The van der Waals surface area contributed by atoms with Crippen LogP contribution >= 0.6 is 0 Å². The van der Waals surface area contributed by atoms with Crippen molar-refractivity contribution in [3.63, 3.8) is 0 Å². The van der Waals surface area contributed by atoms with Gasteiger partial charge in [-0.15, -0.1) is 0 Å². The molecule has 1 aliphatic rings. The van der Waals surface area contributed by atoms with Gasteiger partial charge in [0.15, 0.2) is 0 Å². The molecule has 0 atom stereocenters. The second-order valence-electron chi connectivity index (χ2n) is 6.72. The molecule has 5 nitrogen and oxygen atoms in total. The molecule has 1 saturated carbocycles. The molecule has 1 heterocycles. The molecule has 20 heavy (non-hydrogen) atoms. The standard InChI is InChI=1S/C15H25N3O2/c1-14(2)4-6-15(20,7-5-14)11-17-13(19)3-9-18-10-8-16-12-18/h8,10,12,20H,3-7,9,11H2,1-2H3,(H,17,19). The van der Waals surface area contributed by atoms with Gasteiger partial charge in [-0.1, -0.05) is 13.8 Å². The summed E-state index contributed by atoms with van der Waals surface area (Å²) < 4.78 is 1.87. The van der Waals surface area contributed by atoms with Crippen molar-refractivity contribution in [3.8, 4) is 0 Å². The molecular weight excluding hydrogens is 254 g/mol. The van der Waals surface area contributed by atoms with Gasteiger partial charge in [0.25, 0.3) is 0 Å². The molecular formula is C15H25N3O2. The van der Waals surface area contributed by atoms with Gasteiger partial charge in [0.2, 0.25) is 5.91 Å². The lowest BCUT2D eigenvalue weighted by Gasteiger charge is -2.40. The highest BCUT2D eigenvalue weighted by Gasteiger charge is 2.36. The minimum absolute atomic E-state index is 0.0167. The second kappa shape index (κ2) is 5.95. The minimum Gasteiger partial charge on any atom is -0.388 e. The van der Waals surface area contributed by atoms with Crippen LogP contribution < -0.4 is 5.32 Å². The molecule has 0 unspecified atom stereocenters. The number of nitrogens with zero attached hydrogens (tertiary/aromatic N) is 2. The van der Waals surface area contributed by atoms with Crippen molar-refractivity contribution < 1.29 is 9.90 Å². The van der Waals surface area contributed by atoms with E-state index in [1.807, 2.05) is 10.8 Å². The third kappa shape index (κ3) is 4.34. The lowest BCUT2D eigenvalue weighted by atomic mass is 9.71. The summed E-state index contributed by atoms with van der Waals surface area (Å²) in [6.07, 6.45) is 9.20. The highest BCUT2D eigenvalue weighted by Crippen LogP contribution is 2.39. The summed E-state index contributed by atoms with van der Waals surface area (Å²) in [5, 5.41) is 13.3. The van der Waals surface area contributed by atoms with Crippen molar-refractivity contribution in [2.24, 2.45) is 5.41 Å². The van der Waals surface area contributed by atoms with E-state index in [0.717, 1.165) is 25.7 Å². The number of hydrogen-bond donors (Lipinski definition) is 2. The van der Waals surface area contributed by atoms with Crippen LogP contribution in [0.1, 0.15) is 46.0 Å². The summed E-state index contributed by atoms with van der Waals surface area (Å²) in [6.45, 7) is 5.45. The van der Waals surface area contributed by atoms with Crippen molar-refractivity contribution in [3.05, 3.63) is 18.7 Å². The number of carbonyl (C=O) groups is 1. The number of rotatable bonds is 5. The summed E-state index contributed by atoms with van der Waals surface area (Å²) in [6, 6.07) is 0. The van der Waals surface area contributed by atoms with Crippen molar-refractivity contribution in [1.29, 1.82) is 0 Å². The van der Waals surface area contributed by atoms with E-state index in [4.69, 9.17) is 0 Å². The Morgan fingerprint density at radius 2 is 2.05 bits per heavy atom. The summed E-state index contributed by atoms with van der Waals surface area (Å²) in [5.74, 6) is -0.0167. The Morgan fingerprint density at radius 3 is 2.65 bits per heavy atom. The van der Waals surface area contributed by atoms with E-state index >= 15 is 0 Å². The molecule has 5 heteroatoms. The Kier molecular flexibility index (Phi) is 4.48. The van der Waals surface area contributed by atoms with Crippen LogP contribution in [0.5, 0.6) is 0 Å². The van der Waals surface area contributed by atoms with Crippen LogP contribution in [-0.2, 0) is 11.3 Å². The van der Waals surface area contributed by atoms with Gasteiger partial charge in [0.1, 0.15) is 0 Å². The van der Waals surface area contributed by atoms with Gasteiger partial charge in [-0.25, -0.2) is 4.98 Å². The van der Waals surface area contributed by atoms with Gasteiger partial charge in [-0.3, -0.25) is 4.79 Å². The fourth-order valence-corrected chi connectivity index (χ4v) is 2.57. The Balaban J connectivity index is 1.70. The second-order valence-corrected chi connectivity index (χ2v) is 6.72. The maximum absolute atomic E-state index is 11.8. The zero-order valence-electron chi connectivity index (χ0n) is 12.4. The predicted octanol–water partition coefficient (Wildman–Crippen LogP) is 1.72. The molecule has 0 saturated heterocycles. The van der Waals surface area contributed by atoms with E-state index in [-0.39, 0.29) is 5.91 Å². The Labute approximate surface area is 120 Å². The van der Waals surface area contributed by atoms with Crippen LogP contribution in [0.15, 0.2) is 18.7 Å². The van der Waals surface area contributed by atoms with E-state index in [9.17, 15) is 9.90 Å². The largest absolute Gasteiger partial charge is 0.388 e. The molecule has 2 rings (SSSR count). The number of imidazole rings is 1. The third-order valence-corrected chi connectivity index (χ3v) is 4.31. The first-order valence-corrected chi connectivity index (χ1v) is 7.33. The molecule has 0 spiro atoms. The SMILES string of the molecule is CC1(C)CCC(O)(CNC(=O)CCn2ccnc2)CC1. The van der Waals surface area contributed by atoms with E-state index < -0.39 is 5.60 Å². The molecule has 0 aliphatic heterocycles. The van der Waals surface area contributed by atoms with Gasteiger partial charge in [0.05, 0.1) is 11.9 Å². The van der Waals surface area contributed by atoms with Gasteiger partial charge >= 0.3 is 0 Å². The van der Waals surface area contributed by atoms with Crippen LogP contribution in [-0.4, -0.2) is 32.7 Å². The quantitative estimate of drug-likeness (QED) is 0.862. The lowest BCUT2D eigenvalue weighted by Crippen LogP contribution is -2.46. The first kappa shape index (κ1) is 15.0. The number of aromatic nitrogens is 2. The molecule has 112 valence electrons. The Bertz CT molecular complexity index is 430. The first-order valence-electron chi connectivity index (χ1n) is 7.33. The fraction of sp³-hybridized carbons (Fsp3) is 0.733. The topological polar surface area (TPSA) is 67.2 Å². The molecule has 0 radical (unpaired) electrons. The van der Waals surface area contributed by atoms with Gasteiger partial charge in [-0.2, -0.15) is 0 Å². The molecule has 2 N–H and O–H groups in total. The lowest BCUT2D eigenvalue weighted by molar-refractivity contribution is -0.123. The number of nitrogens with one attached hydrogen (secondary N) is 1. The number of aliphatic hydroxyl groups is 1. The molecule has 0 bridgehead atoms. The number of amides is 1. The highest BCUT2D eigenvalue weighted by molar-refractivity contribution is 5.75. The smallest absolute Gasteiger partial charge is 0.221 e. The average Bonchev–Trinajstić information content (AvgIpc) is 2.92. The van der Waals surface area contributed by atoms with Crippen molar-refractivity contribution in [2.75, 3.05) is 6.54 Å². The van der Waals surface area contributed by atoms with Crippen LogP contribution in [0.2, 0.25) is 0 Å². The van der Waals surface area contributed by atoms with Crippen LogP contribution in [0.25, 0.3) is 0 Å². The maximum Gasteiger partial charge on any atom is 0.221 e. The molecule has 1 fully saturated rings. The van der Waals surface area contributed by atoms with E-state index in [2.05, 4.69) is 24.1 Å². The van der Waals surface area contributed by atoms with Crippen LogP contribution in [0, 0.1) is 5.41 Å². The predicted molar refractivity (Wildman–Crippen MR) is 77.1 cm³/mol. The highest BCUT2D eigenvalue weighted by atomic mass is 16.3. The normalized spacial score (nSPS) is 20.6. The van der Waals surface area contributed by atoms with Crippen molar-refractivity contribution in [2.45, 2.75) is 58.1 Å². The third-order valence-electron chi connectivity index (χ3n) is 4.31. The molecule has 0 aromatic carbocycles. The van der Waals surface area contributed by atoms with Crippen molar-refractivity contribution >= 4 is 5.91 Å². The monoisotopic (exact) mass is 279 g/mol. The minimum atomic E-state index is -0.722. The van der Waals surface area contributed by atoms with Gasteiger partial charge < -0.3 is 15.0 Å². The first-order chi connectivity index (χ1) is 9.39. The van der Waals surface area contributed by atoms with E-state index in [1.54, 1.807) is 12.5 Å².